The maximum Gasteiger partial charge on any atom is 0.187 e. The fourth-order valence-electron chi connectivity index (χ4n) is 5.66. The van der Waals surface area contributed by atoms with Crippen LogP contribution >= 0.6 is 0 Å². The Kier molecular flexibility index (Phi) is 11.5. The summed E-state index contributed by atoms with van der Waals surface area (Å²) in [4.78, 5) is 0. The van der Waals surface area contributed by atoms with Crippen LogP contribution in [0.15, 0.2) is 0 Å². The number of aliphatic hydroxyl groups excluding tert-OH is 12. The zero-order chi connectivity index (χ0) is 31.0. The highest BCUT2D eigenvalue weighted by atomic mass is 16.7. The molecule has 12 N–H and O–H groups in total. The van der Waals surface area contributed by atoms with Crippen LogP contribution in [0.5, 0.6) is 0 Å². The van der Waals surface area contributed by atoms with Gasteiger partial charge in [0.2, 0.25) is 0 Å². The maximum absolute atomic E-state index is 10.8. The fraction of sp³-hybridized carbons (Fsp3) is 1.00. The molecule has 4 fully saturated rings. The van der Waals surface area contributed by atoms with Crippen LogP contribution in [-0.2, 0) is 28.4 Å². The van der Waals surface area contributed by atoms with Crippen LogP contribution in [-0.4, -0.2) is 191 Å². The fourth-order valence-corrected chi connectivity index (χ4v) is 5.66. The predicted molar refractivity (Wildman–Crippen MR) is 130 cm³/mol. The third kappa shape index (κ3) is 6.76. The highest BCUT2D eigenvalue weighted by Crippen LogP contribution is 2.34. The van der Waals surface area contributed by atoms with Crippen molar-refractivity contribution in [1.29, 1.82) is 0 Å². The van der Waals surface area contributed by atoms with Gasteiger partial charge in [-0.25, -0.2) is 0 Å². The third-order valence-electron chi connectivity index (χ3n) is 8.24. The van der Waals surface area contributed by atoms with Crippen molar-refractivity contribution in [3.63, 3.8) is 0 Å². The summed E-state index contributed by atoms with van der Waals surface area (Å²) in [6.07, 6.45) is -28.7. The van der Waals surface area contributed by atoms with E-state index in [0.29, 0.717) is 0 Å². The highest BCUT2D eigenvalue weighted by molar-refractivity contribution is 4.97. The van der Waals surface area contributed by atoms with E-state index in [1.807, 2.05) is 0 Å². The number of ether oxygens (including phenoxy) is 6. The summed E-state index contributed by atoms with van der Waals surface area (Å²) in [5.74, 6) is 0. The van der Waals surface area contributed by atoms with E-state index in [9.17, 15) is 61.3 Å². The van der Waals surface area contributed by atoms with E-state index >= 15 is 0 Å². The van der Waals surface area contributed by atoms with Gasteiger partial charge in [-0.2, -0.15) is 0 Å². The molecule has 0 unspecified atom stereocenters. The van der Waals surface area contributed by atoms with Crippen molar-refractivity contribution in [1.82, 2.24) is 0 Å². The summed E-state index contributed by atoms with van der Waals surface area (Å²) < 4.78 is 32.8. The SMILES string of the molecule is C[C@@H]1O[C@@H](O)[C@@H](O)[C@@H](O)[C@H]1O[C@@H]1CC[C@H](O[C@H]2O[C@@H](CO)[C@@H](O[C@H]3O[C@@H](CO)[C@@H](O)[C@@H](O)[C@H]3O)[C@@H](O)[C@H]2O)[C@H](O)[C@@H]1O. The molecule has 4 rings (SSSR count). The molecular formula is C24H42O18. The standard InChI is InChI=1S/C24H42O18/c1-6-20(15(31)17(33)22(36)37-6)38-7-2-3-8(12(28)11(7)27)39-23-19(35)16(32)21(10(5-26)41-23)42-24-18(34)14(30)13(29)9(4-25)40-24/h6-36H,2-5H2,1H3/t6-,7+,8-,9-,10-,11+,12-,13+,14+,15+,16-,17-,18+,19+,20-,21+,22+,23-,24+/m0/s1. The van der Waals surface area contributed by atoms with Crippen molar-refractivity contribution in [2.45, 2.75) is 136 Å². The highest BCUT2D eigenvalue weighted by Gasteiger charge is 2.52. The Hall–Kier alpha value is -0.720. The molecule has 3 aliphatic heterocycles. The number of aliphatic hydroxyl groups is 12. The smallest absolute Gasteiger partial charge is 0.187 e. The Balaban J connectivity index is 1.36. The van der Waals surface area contributed by atoms with E-state index in [1.54, 1.807) is 0 Å². The zero-order valence-electron chi connectivity index (χ0n) is 22.6. The third-order valence-corrected chi connectivity index (χ3v) is 8.24. The van der Waals surface area contributed by atoms with E-state index in [4.69, 9.17) is 28.4 Å². The van der Waals surface area contributed by atoms with Crippen LogP contribution in [0.1, 0.15) is 19.8 Å². The molecule has 1 saturated carbocycles. The lowest BCUT2D eigenvalue weighted by molar-refractivity contribution is -0.367. The molecule has 0 radical (unpaired) electrons. The van der Waals surface area contributed by atoms with Crippen molar-refractivity contribution in [3.05, 3.63) is 0 Å². The van der Waals surface area contributed by atoms with Gasteiger partial charge in [0.05, 0.1) is 31.5 Å². The summed E-state index contributed by atoms with van der Waals surface area (Å²) >= 11 is 0. The van der Waals surface area contributed by atoms with Gasteiger partial charge in [0.1, 0.15) is 79.4 Å². The number of hydrogen-bond acceptors (Lipinski definition) is 18. The van der Waals surface area contributed by atoms with Crippen molar-refractivity contribution in [3.8, 4) is 0 Å². The summed E-state index contributed by atoms with van der Waals surface area (Å²) in [5.41, 5.74) is 0. The average Bonchev–Trinajstić information content (AvgIpc) is 2.97. The van der Waals surface area contributed by atoms with Crippen molar-refractivity contribution >= 4 is 0 Å². The molecule has 0 amide bonds. The molecule has 4 aliphatic rings. The molecular weight excluding hydrogens is 576 g/mol. The molecule has 3 saturated heterocycles. The van der Waals surface area contributed by atoms with Crippen molar-refractivity contribution in [2.75, 3.05) is 13.2 Å². The molecule has 3 heterocycles. The van der Waals surface area contributed by atoms with E-state index in [1.165, 1.54) is 6.92 Å². The molecule has 18 nitrogen and oxygen atoms in total. The van der Waals surface area contributed by atoms with Gasteiger partial charge in [-0.05, 0) is 19.8 Å². The minimum Gasteiger partial charge on any atom is -0.394 e. The average molecular weight is 619 g/mol. The molecule has 19 atom stereocenters. The summed E-state index contributed by atoms with van der Waals surface area (Å²) in [6.45, 7) is -0.0428. The van der Waals surface area contributed by atoms with E-state index in [-0.39, 0.29) is 12.8 Å². The van der Waals surface area contributed by atoms with Crippen LogP contribution in [0.4, 0.5) is 0 Å². The monoisotopic (exact) mass is 618 g/mol. The lowest BCUT2D eigenvalue weighted by Gasteiger charge is -2.47. The predicted octanol–water partition coefficient (Wildman–Crippen LogP) is -7.28. The van der Waals surface area contributed by atoms with E-state index in [0.717, 1.165) is 0 Å². The first-order chi connectivity index (χ1) is 19.8. The van der Waals surface area contributed by atoms with Gasteiger partial charge in [0.25, 0.3) is 0 Å². The first-order valence-corrected chi connectivity index (χ1v) is 13.8. The van der Waals surface area contributed by atoms with Gasteiger partial charge < -0.3 is 89.7 Å². The van der Waals surface area contributed by atoms with Crippen LogP contribution in [0.2, 0.25) is 0 Å². The van der Waals surface area contributed by atoms with Gasteiger partial charge >= 0.3 is 0 Å². The van der Waals surface area contributed by atoms with Crippen LogP contribution in [0, 0.1) is 0 Å². The van der Waals surface area contributed by atoms with Crippen LogP contribution in [0.3, 0.4) is 0 Å². The molecule has 1 aliphatic carbocycles. The summed E-state index contributed by atoms with van der Waals surface area (Å²) in [6, 6.07) is 0. The molecule has 42 heavy (non-hydrogen) atoms. The Labute approximate surface area is 239 Å². The molecule has 0 aromatic carbocycles. The molecule has 0 spiro atoms. The summed E-state index contributed by atoms with van der Waals surface area (Å²) in [7, 11) is 0. The second-order valence-corrected chi connectivity index (χ2v) is 11.1. The molecule has 0 aromatic heterocycles. The largest absolute Gasteiger partial charge is 0.394 e. The van der Waals surface area contributed by atoms with Crippen LogP contribution < -0.4 is 0 Å². The van der Waals surface area contributed by atoms with E-state index < -0.39 is 130 Å². The Morgan fingerprint density at radius 3 is 1.60 bits per heavy atom. The van der Waals surface area contributed by atoms with Gasteiger partial charge in [0.15, 0.2) is 18.9 Å². The number of rotatable bonds is 8. The topological polar surface area (TPSA) is 298 Å². The Morgan fingerprint density at radius 2 is 1.00 bits per heavy atom. The summed E-state index contributed by atoms with van der Waals surface area (Å²) in [5, 5.41) is 122. The molecule has 18 heteroatoms. The second kappa shape index (κ2) is 14.1. The van der Waals surface area contributed by atoms with Crippen LogP contribution in [0.25, 0.3) is 0 Å². The zero-order valence-corrected chi connectivity index (χ0v) is 22.6. The van der Waals surface area contributed by atoms with Gasteiger partial charge in [-0.15, -0.1) is 0 Å². The lowest BCUT2D eigenvalue weighted by atomic mass is 9.88. The lowest BCUT2D eigenvalue weighted by Crippen LogP contribution is -2.65. The van der Waals surface area contributed by atoms with Gasteiger partial charge in [-0.1, -0.05) is 0 Å². The Morgan fingerprint density at radius 1 is 0.500 bits per heavy atom. The van der Waals surface area contributed by atoms with Gasteiger partial charge in [-0.3, -0.25) is 0 Å². The van der Waals surface area contributed by atoms with Crippen molar-refractivity contribution in [2.24, 2.45) is 0 Å². The number of hydrogen-bond donors (Lipinski definition) is 12. The minimum atomic E-state index is -1.84. The molecule has 0 aromatic rings. The molecule has 0 bridgehead atoms. The van der Waals surface area contributed by atoms with Gasteiger partial charge in [0, 0.05) is 0 Å². The first kappa shape index (κ1) is 34.2. The Bertz CT molecular complexity index is 850. The normalized spacial score (nSPS) is 54.1. The molecule has 246 valence electrons. The quantitative estimate of drug-likeness (QED) is 0.120. The van der Waals surface area contributed by atoms with E-state index in [2.05, 4.69) is 0 Å². The maximum atomic E-state index is 10.8. The second-order valence-electron chi connectivity index (χ2n) is 11.1. The van der Waals surface area contributed by atoms with Crippen molar-refractivity contribution < 1.29 is 89.7 Å². The minimum absolute atomic E-state index is 0.0311. The first-order valence-electron chi connectivity index (χ1n) is 13.8.